The normalized spacial score (nSPS) is 23.5. The Kier molecular flexibility index (Phi) is 10.9. The minimum absolute atomic E-state index is 0.0878. The first-order valence-corrected chi connectivity index (χ1v) is 21.9. The predicted octanol–water partition coefficient (Wildman–Crippen LogP) is 4.34. The van der Waals surface area contributed by atoms with Gasteiger partial charge in [-0.3, -0.25) is 44.1 Å². The van der Waals surface area contributed by atoms with Gasteiger partial charge in [0.05, 0.1) is 27.8 Å². The van der Waals surface area contributed by atoms with Crippen LogP contribution in [-0.4, -0.2) is 118 Å². The van der Waals surface area contributed by atoms with E-state index in [1.54, 1.807) is 36.8 Å². The first-order chi connectivity index (χ1) is 30.2. The van der Waals surface area contributed by atoms with Gasteiger partial charge in [0, 0.05) is 92.2 Å². The van der Waals surface area contributed by atoms with Crippen LogP contribution in [0.4, 0.5) is 11.6 Å². The summed E-state index contributed by atoms with van der Waals surface area (Å²) < 4.78 is 6.64. The van der Waals surface area contributed by atoms with Gasteiger partial charge < -0.3 is 19.9 Å². The third kappa shape index (κ3) is 7.62. The third-order valence-electron chi connectivity index (χ3n) is 14.0. The third-order valence-corrected chi connectivity index (χ3v) is 14.0. The summed E-state index contributed by atoms with van der Waals surface area (Å²) in [5, 5.41) is 15.8. The number of anilines is 2. The number of aromatic nitrogens is 3. The van der Waals surface area contributed by atoms with Crippen molar-refractivity contribution >= 4 is 52.1 Å². The Morgan fingerprint density at radius 1 is 0.873 bits per heavy atom. The van der Waals surface area contributed by atoms with E-state index in [4.69, 9.17) is 4.74 Å². The summed E-state index contributed by atoms with van der Waals surface area (Å²) in [7, 11) is 0. The van der Waals surface area contributed by atoms with Crippen molar-refractivity contribution in [2.45, 2.75) is 78.0 Å². The van der Waals surface area contributed by atoms with Gasteiger partial charge in [-0.2, -0.15) is 5.26 Å². The standard InChI is InChI=1S/C47H52N10O6/c1-46(2)43(47(3,4)44(46)63-36-11-7-29(25-48)38-33(36)6-5-16-49-38)53-39(59)30-26-50-45(51-27-30)56-18-14-28(15-19-56)13-17-54-20-22-55(23-21-54)31-8-9-32-34(24-31)42(62)57(41(32)61)35-10-12-37(58)52-40(35)60/h5-9,11,16,24,26-28,35,43-44H,10,12-15,17-23H2,1-4H3,(H,53,59)(H,52,58,60). The van der Waals surface area contributed by atoms with E-state index in [9.17, 15) is 29.2 Å². The summed E-state index contributed by atoms with van der Waals surface area (Å²) in [6.07, 6.45) is 8.07. The molecule has 1 unspecified atom stereocenters. The average Bonchev–Trinajstić information content (AvgIpc) is 3.54. The van der Waals surface area contributed by atoms with Gasteiger partial charge in [-0.25, -0.2) is 9.97 Å². The van der Waals surface area contributed by atoms with Gasteiger partial charge in [-0.1, -0.05) is 27.7 Å². The van der Waals surface area contributed by atoms with Crippen LogP contribution in [0.5, 0.6) is 5.75 Å². The van der Waals surface area contributed by atoms with Crippen molar-refractivity contribution in [2.75, 3.05) is 55.6 Å². The molecule has 0 bridgehead atoms. The number of imide groups is 2. The van der Waals surface area contributed by atoms with Gasteiger partial charge in [-0.05, 0) is 80.6 Å². The first kappa shape index (κ1) is 41.9. The van der Waals surface area contributed by atoms with Crippen molar-refractivity contribution in [3.05, 3.63) is 83.3 Å². The Labute approximate surface area is 366 Å². The summed E-state index contributed by atoms with van der Waals surface area (Å²) in [4.78, 5) is 85.7. The number of rotatable bonds is 10. The van der Waals surface area contributed by atoms with Crippen molar-refractivity contribution in [1.29, 1.82) is 5.26 Å². The Balaban J connectivity index is 0.721. The number of carbonyl (C=O) groups excluding carboxylic acids is 5. The first-order valence-electron chi connectivity index (χ1n) is 21.9. The largest absolute Gasteiger partial charge is 0.488 e. The van der Waals surface area contributed by atoms with Gasteiger partial charge in [0.15, 0.2) is 0 Å². The fourth-order valence-electron chi connectivity index (χ4n) is 10.8. The Morgan fingerprint density at radius 3 is 2.29 bits per heavy atom. The van der Waals surface area contributed by atoms with E-state index in [0.717, 1.165) is 81.0 Å². The molecule has 5 aliphatic rings. The lowest BCUT2D eigenvalue weighted by Gasteiger charge is -2.63. The quantitative estimate of drug-likeness (QED) is 0.214. The number of pyridine rings is 1. The molecule has 0 radical (unpaired) electrons. The van der Waals surface area contributed by atoms with Gasteiger partial charge in [-0.15, -0.1) is 0 Å². The number of piperazine rings is 1. The van der Waals surface area contributed by atoms with Gasteiger partial charge >= 0.3 is 0 Å². The summed E-state index contributed by atoms with van der Waals surface area (Å²) in [5.74, 6) is -0.336. The van der Waals surface area contributed by atoms with Crippen molar-refractivity contribution in [1.82, 2.24) is 35.4 Å². The van der Waals surface area contributed by atoms with Crippen LogP contribution in [0.15, 0.2) is 61.1 Å². The lowest BCUT2D eigenvalue weighted by atomic mass is 9.49. The maximum absolute atomic E-state index is 13.6. The second kappa shape index (κ2) is 16.3. The summed E-state index contributed by atoms with van der Waals surface area (Å²) in [6.45, 7) is 14.4. The van der Waals surface area contributed by atoms with E-state index in [2.05, 4.69) is 74.0 Å². The van der Waals surface area contributed by atoms with Crippen molar-refractivity contribution in [3.63, 3.8) is 0 Å². The highest BCUT2D eigenvalue weighted by Crippen LogP contribution is 2.56. The molecule has 2 N–H and O–H groups in total. The minimum Gasteiger partial charge on any atom is -0.488 e. The summed E-state index contributed by atoms with van der Waals surface area (Å²) in [6, 6.07) is 13.7. The van der Waals surface area contributed by atoms with Crippen LogP contribution in [0, 0.1) is 28.1 Å². The molecule has 2 aromatic carbocycles. The minimum atomic E-state index is -0.978. The molecule has 63 heavy (non-hydrogen) atoms. The zero-order valence-electron chi connectivity index (χ0n) is 36.1. The number of benzene rings is 2. The number of hydrogen-bond acceptors (Lipinski definition) is 13. The molecular weight excluding hydrogens is 801 g/mol. The van der Waals surface area contributed by atoms with E-state index in [0.29, 0.717) is 39.8 Å². The van der Waals surface area contributed by atoms with E-state index >= 15 is 0 Å². The average molecular weight is 853 g/mol. The second-order valence-electron chi connectivity index (χ2n) is 18.7. The van der Waals surface area contributed by atoms with E-state index < -0.39 is 40.5 Å². The molecular formula is C47H52N10O6. The number of ether oxygens (including phenoxy) is 1. The van der Waals surface area contributed by atoms with E-state index in [1.807, 2.05) is 24.3 Å². The van der Waals surface area contributed by atoms with E-state index in [-0.39, 0.29) is 36.5 Å². The number of fused-ring (bicyclic) bond motifs is 2. The SMILES string of the molecule is CC1(C)C(NC(=O)c2cnc(N3CCC(CCN4CCN(c5ccc6c(c5)C(=O)N(C5CCC(=O)NC5=O)C6=O)CC4)CC3)nc2)C(C)(C)C1Oc1ccc(C#N)c2ncccc12. The monoisotopic (exact) mass is 852 g/mol. The number of piperidine rings is 2. The maximum Gasteiger partial charge on any atom is 0.262 e. The molecule has 16 nitrogen and oxygen atoms in total. The molecule has 1 aliphatic carbocycles. The molecule has 5 amide bonds. The highest BCUT2D eigenvalue weighted by atomic mass is 16.5. The number of nitrogens with zero attached hydrogens (tertiary/aromatic N) is 8. The van der Waals surface area contributed by atoms with Crippen LogP contribution in [0.1, 0.15) is 96.4 Å². The summed E-state index contributed by atoms with van der Waals surface area (Å²) >= 11 is 0. The van der Waals surface area contributed by atoms with Crippen LogP contribution < -0.4 is 25.2 Å². The molecule has 6 heterocycles. The molecule has 0 spiro atoms. The molecule has 1 atom stereocenters. The highest BCUT2D eigenvalue weighted by molar-refractivity contribution is 6.23. The maximum atomic E-state index is 13.6. The van der Waals surface area contributed by atoms with Crippen molar-refractivity contribution < 1.29 is 28.7 Å². The molecule has 16 heteroatoms. The van der Waals surface area contributed by atoms with Crippen LogP contribution in [0.2, 0.25) is 0 Å². The molecule has 326 valence electrons. The Bertz CT molecular complexity index is 2520. The number of hydrogen-bond donors (Lipinski definition) is 2. The van der Waals surface area contributed by atoms with Crippen LogP contribution in [-0.2, 0) is 9.59 Å². The van der Waals surface area contributed by atoms with Crippen LogP contribution in [0.3, 0.4) is 0 Å². The molecule has 4 aliphatic heterocycles. The zero-order valence-corrected chi connectivity index (χ0v) is 36.1. The smallest absolute Gasteiger partial charge is 0.262 e. The predicted molar refractivity (Wildman–Crippen MR) is 233 cm³/mol. The Hall–Kier alpha value is -6.47. The number of nitrogens with one attached hydrogen (secondary N) is 2. The second-order valence-corrected chi connectivity index (χ2v) is 18.7. The molecule has 4 fully saturated rings. The Morgan fingerprint density at radius 2 is 1.59 bits per heavy atom. The fourth-order valence-corrected chi connectivity index (χ4v) is 10.8. The lowest BCUT2D eigenvalue weighted by Crippen LogP contribution is -2.74. The number of nitriles is 1. The topological polar surface area (TPSA) is 194 Å². The highest BCUT2D eigenvalue weighted by Gasteiger charge is 2.64. The zero-order chi connectivity index (χ0) is 44.2. The number of carbonyl (C=O) groups is 5. The van der Waals surface area contributed by atoms with Gasteiger partial charge in [0.25, 0.3) is 17.7 Å². The van der Waals surface area contributed by atoms with Gasteiger partial charge in [0.1, 0.15) is 24.0 Å². The lowest BCUT2D eigenvalue weighted by molar-refractivity contribution is -0.163. The molecule has 2 aromatic heterocycles. The fraction of sp³-hybridized carbons (Fsp3) is 0.468. The number of amides is 5. The molecule has 1 saturated carbocycles. The van der Waals surface area contributed by atoms with Crippen LogP contribution >= 0.6 is 0 Å². The summed E-state index contributed by atoms with van der Waals surface area (Å²) in [5.41, 5.74) is 2.18. The van der Waals surface area contributed by atoms with Crippen LogP contribution in [0.25, 0.3) is 10.9 Å². The van der Waals surface area contributed by atoms with Crippen molar-refractivity contribution in [2.24, 2.45) is 16.7 Å². The van der Waals surface area contributed by atoms with Gasteiger partial charge in [0.2, 0.25) is 17.8 Å². The van der Waals surface area contributed by atoms with E-state index in [1.165, 1.54) is 0 Å². The van der Waals surface area contributed by atoms with Crippen molar-refractivity contribution in [3.8, 4) is 11.8 Å². The molecule has 3 saturated heterocycles. The molecule has 4 aromatic rings. The molecule has 9 rings (SSSR count).